The third kappa shape index (κ3) is 1.63. The molecule has 4 nitrogen and oxygen atoms in total. The van der Waals surface area contributed by atoms with Gasteiger partial charge in [0.25, 0.3) is 0 Å². The number of halogens is 1. The molecule has 0 saturated heterocycles. The van der Waals surface area contributed by atoms with E-state index >= 15 is 0 Å². The molecule has 0 atom stereocenters. The maximum atomic E-state index is 5.11. The Morgan fingerprint density at radius 3 is 2.86 bits per heavy atom. The van der Waals surface area contributed by atoms with Crippen LogP contribution in [0.3, 0.4) is 0 Å². The van der Waals surface area contributed by atoms with E-state index in [0.29, 0.717) is 5.82 Å². The molecular weight excluding hydrogens is 248 g/mol. The van der Waals surface area contributed by atoms with Crippen molar-refractivity contribution < 1.29 is 9.26 Å². The van der Waals surface area contributed by atoms with Gasteiger partial charge in [0.05, 0.1) is 11.6 Å². The quantitative estimate of drug-likeness (QED) is 0.827. The summed E-state index contributed by atoms with van der Waals surface area (Å²) < 4.78 is 10.6. The molecule has 2 aromatic rings. The van der Waals surface area contributed by atoms with Crippen molar-refractivity contribution in [2.45, 2.75) is 0 Å². The van der Waals surface area contributed by atoms with Crippen molar-refractivity contribution in [1.29, 1.82) is 0 Å². The fourth-order valence-electron chi connectivity index (χ4n) is 1.10. The summed E-state index contributed by atoms with van der Waals surface area (Å²) in [6.45, 7) is 0. The van der Waals surface area contributed by atoms with E-state index in [1.54, 1.807) is 7.11 Å². The highest BCUT2D eigenvalue weighted by atomic mass is 79.9. The van der Waals surface area contributed by atoms with E-state index in [-0.39, 0.29) is 0 Å². The first-order valence-electron chi connectivity index (χ1n) is 3.91. The van der Waals surface area contributed by atoms with E-state index in [9.17, 15) is 0 Å². The van der Waals surface area contributed by atoms with Gasteiger partial charge in [0.15, 0.2) is 0 Å². The van der Waals surface area contributed by atoms with Crippen molar-refractivity contribution >= 4 is 15.9 Å². The number of hydrogen-bond acceptors (Lipinski definition) is 4. The monoisotopic (exact) mass is 254 g/mol. The first-order valence-corrected chi connectivity index (χ1v) is 4.71. The number of benzene rings is 1. The van der Waals surface area contributed by atoms with Crippen LogP contribution in [-0.2, 0) is 0 Å². The summed E-state index contributed by atoms with van der Waals surface area (Å²) in [5.74, 6) is 1.34. The van der Waals surface area contributed by atoms with Crippen LogP contribution in [0.4, 0.5) is 0 Å². The molecule has 0 amide bonds. The summed E-state index contributed by atoms with van der Waals surface area (Å²) in [4.78, 5) is 3.94. The highest BCUT2D eigenvalue weighted by Crippen LogP contribution is 2.28. The van der Waals surface area contributed by atoms with Crippen molar-refractivity contribution in [3.8, 4) is 17.1 Å². The second-order valence-electron chi connectivity index (χ2n) is 2.60. The smallest absolute Gasteiger partial charge is 0.214 e. The maximum absolute atomic E-state index is 5.11. The summed E-state index contributed by atoms with van der Waals surface area (Å²) in [7, 11) is 1.62. The molecule has 0 radical (unpaired) electrons. The van der Waals surface area contributed by atoms with Crippen molar-refractivity contribution in [3.63, 3.8) is 0 Å². The molecule has 72 valence electrons. The lowest BCUT2D eigenvalue weighted by molar-refractivity contribution is 0.412. The second kappa shape index (κ2) is 3.79. The van der Waals surface area contributed by atoms with E-state index in [0.717, 1.165) is 15.8 Å². The Morgan fingerprint density at radius 2 is 2.29 bits per heavy atom. The Balaban J connectivity index is 2.43. The minimum atomic E-state index is 0.563. The normalized spacial score (nSPS) is 10.1. The zero-order chi connectivity index (χ0) is 9.97. The van der Waals surface area contributed by atoms with Crippen LogP contribution in [0.2, 0.25) is 0 Å². The van der Waals surface area contributed by atoms with E-state index < -0.39 is 0 Å². The fraction of sp³-hybridized carbons (Fsp3) is 0.111. The van der Waals surface area contributed by atoms with E-state index in [4.69, 9.17) is 4.74 Å². The largest absolute Gasteiger partial charge is 0.496 e. The van der Waals surface area contributed by atoms with Crippen LogP contribution in [0.5, 0.6) is 5.75 Å². The average molecular weight is 255 g/mol. The standard InChI is InChI=1S/C9H7BrN2O2/c1-13-8-3-2-6(4-7(8)10)9-11-5-14-12-9/h2-5H,1H3. The van der Waals surface area contributed by atoms with Gasteiger partial charge in [-0.05, 0) is 34.1 Å². The Hall–Kier alpha value is -1.36. The van der Waals surface area contributed by atoms with Crippen molar-refractivity contribution in [2.75, 3.05) is 7.11 Å². The Morgan fingerprint density at radius 1 is 1.43 bits per heavy atom. The zero-order valence-corrected chi connectivity index (χ0v) is 8.98. The number of hydrogen-bond donors (Lipinski definition) is 0. The van der Waals surface area contributed by atoms with Gasteiger partial charge in [-0.15, -0.1) is 0 Å². The number of aromatic nitrogens is 2. The predicted molar refractivity (Wildman–Crippen MR) is 54.0 cm³/mol. The third-order valence-corrected chi connectivity index (χ3v) is 2.39. The number of ether oxygens (including phenoxy) is 1. The summed E-state index contributed by atoms with van der Waals surface area (Å²) in [6.07, 6.45) is 1.30. The highest BCUT2D eigenvalue weighted by molar-refractivity contribution is 9.10. The molecular formula is C9H7BrN2O2. The van der Waals surface area contributed by atoms with Crippen molar-refractivity contribution in [2.24, 2.45) is 0 Å². The molecule has 0 aliphatic rings. The minimum absolute atomic E-state index is 0.563. The van der Waals surface area contributed by atoms with Crippen LogP contribution >= 0.6 is 15.9 Å². The van der Waals surface area contributed by atoms with Gasteiger partial charge in [-0.25, -0.2) is 0 Å². The van der Waals surface area contributed by atoms with Gasteiger partial charge in [0.2, 0.25) is 12.2 Å². The molecule has 5 heteroatoms. The van der Waals surface area contributed by atoms with Crippen LogP contribution in [-0.4, -0.2) is 17.3 Å². The van der Waals surface area contributed by atoms with E-state index in [1.165, 1.54) is 6.39 Å². The molecule has 1 aromatic heterocycles. The second-order valence-corrected chi connectivity index (χ2v) is 3.46. The van der Waals surface area contributed by atoms with E-state index in [1.807, 2.05) is 18.2 Å². The molecule has 0 fully saturated rings. The van der Waals surface area contributed by atoms with Gasteiger partial charge in [0.1, 0.15) is 5.75 Å². The molecule has 0 bridgehead atoms. The topological polar surface area (TPSA) is 48.2 Å². The molecule has 0 spiro atoms. The predicted octanol–water partition coefficient (Wildman–Crippen LogP) is 2.51. The van der Waals surface area contributed by atoms with Gasteiger partial charge in [-0.2, -0.15) is 4.98 Å². The lowest BCUT2D eigenvalue weighted by atomic mass is 10.2. The number of rotatable bonds is 2. The zero-order valence-electron chi connectivity index (χ0n) is 7.40. The van der Waals surface area contributed by atoms with Gasteiger partial charge >= 0.3 is 0 Å². The fourth-order valence-corrected chi connectivity index (χ4v) is 1.64. The summed E-state index contributed by atoms with van der Waals surface area (Å²) in [5.41, 5.74) is 0.881. The first-order chi connectivity index (χ1) is 6.81. The van der Waals surface area contributed by atoms with Crippen molar-refractivity contribution in [1.82, 2.24) is 10.1 Å². The molecule has 1 heterocycles. The number of nitrogens with zero attached hydrogens (tertiary/aromatic N) is 2. The summed E-state index contributed by atoms with van der Waals surface area (Å²) in [5, 5.41) is 3.74. The maximum Gasteiger partial charge on any atom is 0.214 e. The Bertz CT molecular complexity index is 428. The molecule has 0 N–H and O–H groups in total. The van der Waals surface area contributed by atoms with Crippen LogP contribution in [0.1, 0.15) is 0 Å². The minimum Gasteiger partial charge on any atom is -0.496 e. The molecule has 0 aliphatic heterocycles. The van der Waals surface area contributed by atoms with E-state index in [2.05, 4.69) is 30.6 Å². The summed E-state index contributed by atoms with van der Waals surface area (Å²) >= 11 is 3.38. The van der Waals surface area contributed by atoms with Gasteiger partial charge < -0.3 is 9.26 Å². The van der Waals surface area contributed by atoms with Crippen molar-refractivity contribution in [3.05, 3.63) is 29.1 Å². The molecule has 0 unspecified atom stereocenters. The molecule has 14 heavy (non-hydrogen) atoms. The van der Waals surface area contributed by atoms with Gasteiger partial charge in [0, 0.05) is 5.56 Å². The number of methoxy groups -OCH3 is 1. The molecule has 0 saturated carbocycles. The van der Waals surface area contributed by atoms with Gasteiger partial charge in [-0.1, -0.05) is 5.16 Å². The Kier molecular flexibility index (Phi) is 2.49. The molecule has 0 aliphatic carbocycles. The van der Waals surface area contributed by atoms with Gasteiger partial charge in [-0.3, -0.25) is 0 Å². The van der Waals surface area contributed by atoms with Crippen LogP contribution < -0.4 is 4.74 Å². The van der Waals surface area contributed by atoms with Crippen LogP contribution in [0.15, 0.2) is 33.6 Å². The third-order valence-electron chi connectivity index (χ3n) is 1.77. The summed E-state index contributed by atoms with van der Waals surface area (Å²) in [6, 6.07) is 5.59. The highest BCUT2D eigenvalue weighted by Gasteiger charge is 2.06. The van der Waals surface area contributed by atoms with Crippen LogP contribution in [0.25, 0.3) is 11.4 Å². The lowest BCUT2D eigenvalue weighted by Gasteiger charge is -2.03. The van der Waals surface area contributed by atoms with Crippen LogP contribution in [0, 0.1) is 0 Å². The Labute approximate surface area is 89.0 Å². The molecule has 2 rings (SSSR count). The average Bonchev–Trinajstić information content (AvgIpc) is 2.70. The lowest BCUT2D eigenvalue weighted by Crippen LogP contribution is -1.86. The first kappa shape index (κ1) is 9.21. The molecule has 1 aromatic carbocycles. The SMILES string of the molecule is COc1ccc(-c2ncon2)cc1Br.